The van der Waals surface area contributed by atoms with Crippen molar-refractivity contribution in [2.45, 2.75) is 0 Å². The predicted octanol–water partition coefficient (Wildman–Crippen LogP) is 15.1. The topological polar surface area (TPSA) is 8.17 Å². The van der Waals surface area contributed by atoms with Crippen molar-refractivity contribution in [3.05, 3.63) is 206 Å². The second-order valence-electron chi connectivity index (χ2n) is 14.1. The molecule has 0 aliphatic heterocycles. The van der Waals surface area contributed by atoms with Gasteiger partial charge in [-0.1, -0.05) is 152 Å². The fourth-order valence-electron chi connectivity index (χ4n) is 8.40. The van der Waals surface area contributed by atoms with Gasteiger partial charge in [0.15, 0.2) is 0 Å². The minimum absolute atomic E-state index is 1.10. The van der Waals surface area contributed by atoms with Gasteiger partial charge in [-0.3, -0.25) is 0 Å². The Labute approximate surface area is 323 Å². The van der Waals surface area contributed by atoms with Crippen LogP contribution in [0.5, 0.6) is 0 Å². The van der Waals surface area contributed by atoms with Gasteiger partial charge in [0, 0.05) is 53.7 Å². The predicted molar refractivity (Wildman–Crippen MR) is 237 cm³/mol. The van der Waals surface area contributed by atoms with Crippen molar-refractivity contribution in [2.75, 3.05) is 4.90 Å². The van der Waals surface area contributed by atoms with Crippen molar-refractivity contribution in [2.24, 2.45) is 0 Å². The van der Waals surface area contributed by atoms with Gasteiger partial charge in [0.25, 0.3) is 0 Å². The van der Waals surface area contributed by atoms with E-state index in [0.29, 0.717) is 0 Å². The maximum atomic E-state index is 2.40. The van der Waals surface area contributed by atoms with Crippen molar-refractivity contribution in [3.8, 4) is 27.9 Å². The summed E-state index contributed by atoms with van der Waals surface area (Å²) in [6, 6.07) is 75.0. The van der Waals surface area contributed by atoms with Crippen LogP contribution in [0.2, 0.25) is 0 Å². The molecule has 0 aliphatic rings. The van der Waals surface area contributed by atoms with Crippen LogP contribution in [-0.4, -0.2) is 4.57 Å². The zero-order valence-corrected chi connectivity index (χ0v) is 30.7. The van der Waals surface area contributed by atoms with Gasteiger partial charge >= 0.3 is 0 Å². The minimum atomic E-state index is 1.10. The Hall–Kier alpha value is -6.94. The zero-order valence-electron chi connectivity index (χ0n) is 29.9. The van der Waals surface area contributed by atoms with E-state index in [9.17, 15) is 0 Å². The molecule has 0 saturated heterocycles. The van der Waals surface area contributed by atoms with Gasteiger partial charge in [0.05, 0.1) is 11.0 Å². The molecule has 11 rings (SSSR count). The lowest BCUT2D eigenvalue weighted by Crippen LogP contribution is -2.10. The molecule has 0 bridgehead atoms. The largest absolute Gasteiger partial charge is 0.310 e. The van der Waals surface area contributed by atoms with Crippen molar-refractivity contribution in [1.29, 1.82) is 0 Å². The Morgan fingerprint density at radius 3 is 1.82 bits per heavy atom. The number of anilines is 3. The van der Waals surface area contributed by atoms with E-state index in [1.807, 2.05) is 11.3 Å². The van der Waals surface area contributed by atoms with Crippen molar-refractivity contribution < 1.29 is 0 Å². The van der Waals surface area contributed by atoms with Gasteiger partial charge in [-0.05, 0) is 87.6 Å². The monoisotopic (exact) mass is 718 g/mol. The lowest BCUT2D eigenvalue weighted by atomic mass is 10.0. The van der Waals surface area contributed by atoms with Crippen LogP contribution in [0.25, 0.3) is 80.7 Å². The molecule has 9 aromatic carbocycles. The molecule has 2 nitrogen and oxygen atoms in total. The molecule has 258 valence electrons. The molecule has 0 unspecified atom stereocenters. The van der Waals surface area contributed by atoms with Crippen LogP contribution in [0.4, 0.5) is 17.1 Å². The Kier molecular flexibility index (Phi) is 7.39. The summed E-state index contributed by atoms with van der Waals surface area (Å²) in [5.74, 6) is 0. The standard InChI is InChI=1S/C52H34N2S/c1-3-13-35(14-4-1)38-16-11-19-41(33-38)53(42-30-32-46-45-21-9-10-24-49(45)54(50(46)34-42)39-17-5-2-6-18-39)40-28-25-37(26-29-40)44-22-12-23-47-48-31-27-36-15-7-8-20-43(36)52(48)55-51(44)47/h1-34H. The molecule has 55 heavy (non-hydrogen) atoms. The normalized spacial score (nSPS) is 11.6. The SMILES string of the molecule is c1ccc(-c2cccc(N(c3ccc(-c4cccc5c4sc4c6ccccc6ccc54)cc3)c3ccc4c5ccccc5n(-c5ccccc5)c4c3)c2)cc1. The maximum Gasteiger partial charge on any atom is 0.0561 e. The molecule has 0 N–H and O–H groups in total. The van der Waals surface area contributed by atoms with E-state index in [1.54, 1.807) is 0 Å². The molecule has 3 heteroatoms. The molecule has 0 aliphatic carbocycles. The van der Waals surface area contributed by atoms with Gasteiger partial charge < -0.3 is 9.47 Å². The second kappa shape index (κ2) is 12.9. The number of thiophene rings is 1. The van der Waals surface area contributed by atoms with E-state index < -0.39 is 0 Å². The second-order valence-corrected chi connectivity index (χ2v) is 15.2. The number of hydrogen-bond donors (Lipinski definition) is 0. The smallest absolute Gasteiger partial charge is 0.0561 e. The zero-order chi connectivity index (χ0) is 36.3. The molecule has 0 fully saturated rings. The summed E-state index contributed by atoms with van der Waals surface area (Å²) in [7, 11) is 0. The highest BCUT2D eigenvalue weighted by molar-refractivity contribution is 7.27. The van der Waals surface area contributed by atoms with Gasteiger partial charge in [0.1, 0.15) is 0 Å². The van der Waals surface area contributed by atoms with Crippen molar-refractivity contribution in [3.63, 3.8) is 0 Å². The van der Waals surface area contributed by atoms with Crippen LogP contribution >= 0.6 is 11.3 Å². The van der Waals surface area contributed by atoms with Gasteiger partial charge in [-0.25, -0.2) is 0 Å². The number of fused-ring (bicyclic) bond motifs is 8. The number of rotatable bonds is 6. The molecular formula is C52H34N2S. The highest BCUT2D eigenvalue weighted by Crippen LogP contribution is 2.45. The molecule has 11 aromatic rings. The van der Waals surface area contributed by atoms with E-state index in [4.69, 9.17) is 0 Å². The van der Waals surface area contributed by atoms with Crippen LogP contribution < -0.4 is 4.90 Å². The molecule has 0 radical (unpaired) electrons. The Bertz CT molecular complexity index is 3190. The molecule has 2 heterocycles. The van der Waals surface area contributed by atoms with Gasteiger partial charge in [0.2, 0.25) is 0 Å². The van der Waals surface area contributed by atoms with Crippen LogP contribution in [-0.2, 0) is 0 Å². The number of para-hydroxylation sites is 2. The summed E-state index contributed by atoms with van der Waals surface area (Å²) in [5, 5.41) is 7.73. The van der Waals surface area contributed by atoms with Crippen LogP contribution in [0.15, 0.2) is 206 Å². The molecule has 0 saturated carbocycles. The Morgan fingerprint density at radius 2 is 0.964 bits per heavy atom. The van der Waals surface area contributed by atoms with E-state index in [0.717, 1.165) is 22.7 Å². The summed E-state index contributed by atoms with van der Waals surface area (Å²) in [6.45, 7) is 0. The van der Waals surface area contributed by atoms with E-state index in [2.05, 4.69) is 216 Å². The summed E-state index contributed by atoms with van der Waals surface area (Å²) in [6.07, 6.45) is 0. The highest BCUT2D eigenvalue weighted by atomic mass is 32.1. The number of hydrogen-bond acceptors (Lipinski definition) is 2. The Balaban J connectivity index is 1.09. The highest BCUT2D eigenvalue weighted by Gasteiger charge is 2.19. The minimum Gasteiger partial charge on any atom is -0.310 e. The van der Waals surface area contributed by atoms with Crippen molar-refractivity contribution in [1.82, 2.24) is 4.57 Å². The lowest BCUT2D eigenvalue weighted by Gasteiger charge is -2.26. The first-order valence-corrected chi connectivity index (χ1v) is 19.6. The molecular weight excluding hydrogens is 685 g/mol. The van der Waals surface area contributed by atoms with Gasteiger partial charge in [-0.15, -0.1) is 11.3 Å². The molecule has 2 aromatic heterocycles. The summed E-state index contributed by atoms with van der Waals surface area (Å²) in [5.41, 5.74) is 11.7. The number of aromatic nitrogens is 1. The Morgan fingerprint density at radius 1 is 0.345 bits per heavy atom. The third-order valence-electron chi connectivity index (χ3n) is 11.0. The van der Waals surface area contributed by atoms with E-state index in [-0.39, 0.29) is 0 Å². The summed E-state index contributed by atoms with van der Waals surface area (Å²) >= 11 is 1.91. The van der Waals surface area contributed by atoms with Crippen molar-refractivity contribution >= 4 is 81.1 Å². The van der Waals surface area contributed by atoms with E-state index >= 15 is 0 Å². The fourth-order valence-corrected chi connectivity index (χ4v) is 9.77. The van der Waals surface area contributed by atoms with Crippen LogP contribution in [0.1, 0.15) is 0 Å². The lowest BCUT2D eigenvalue weighted by molar-refractivity contribution is 1.18. The average molecular weight is 719 g/mol. The fraction of sp³-hybridized carbons (Fsp3) is 0. The third kappa shape index (κ3) is 5.24. The number of benzene rings is 9. The molecule has 0 amide bonds. The number of nitrogens with zero attached hydrogens (tertiary/aromatic N) is 2. The molecule has 0 spiro atoms. The van der Waals surface area contributed by atoms with Gasteiger partial charge in [-0.2, -0.15) is 0 Å². The van der Waals surface area contributed by atoms with Crippen LogP contribution in [0.3, 0.4) is 0 Å². The summed E-state index contributed by atoms with van der Waals surface area (Å²) in [4.78, 5) is 2.40. The first-order valence-electron chi connectivity index (χ1n) is 18.8. The summed E-state index contributed by atoms with van der Waals surface area (Å²) < 4.78 is 5.07. The third-order valence-corrected chi connectivity index (χ3v) is 12.3. The van der Waals surface area contributed by atoms with Crippen LogP contribution in [0, 0.1) is 0 Å². The molecule has 0 atom stereocenters. The first kappa shape index (κ1) is 31.6. The first-order chi connectivity index (χ1) is 27.3. The van der Waals surface area contributed by atoms with E-state index in [1.165, 1.54) is 75.0 Å². The quantitative estimate of drug-likeness (QED) is 0.166. The maximum absolute atomic E-state index is 2.40. The average Bonchev–Trinajstić information content (AvgIpc) is 3.81.